The second kappa shape index (κ2) is 12.4. The van der Waals surface area contributed by atoms with Crippen LogP contribution in [-0.2, 0) is 17.8 Å². The van der Waals surface area contributed by atoms with Gasteiger partial charge in [0.25, 0.3) is 0 Å². The van der Waals surface area contributed by atoms with E-state index in [4.69, 9.17) is 4.74 Å². The molecule has 1 aliphatic rings. The van der Waals surface area contributed by atoms with E-state index in [0.29, 0.717) is 41.7 Å². The Morgan fingerprint density at radius 3 is 2.77 bits per heavy atom. The molecule has 7 rings (SSSR count). The number of aromatic nitrogens is 5. The first-order valence-electron chi connectivity index (χ1n) is 16.2. The number of H-pyrrole nitrogens is 1. The molecule has 4 bridgehead atoms. The smallest absolute Gasteiger partial charge is 0.310 e. The summed E-state index contributed by atoms with van der Waals surface area (Å²) in [5.41, 5.74) is 4.48. The summed E-state index contributed by atoms with van der Waals surface area (Å²) in [4.78, 5) is 15.0. The molecule has 2 unspecified atom stereocenters. The lowest BCUT2D eigenvalue weighted by molar-refractivity contribution is -0.138. The van der Waals surface area contributed by atoms with Gasteiger partial charge in [0.15, 0.2) is 11.6 Å². The van der Waals surface area contributed by atoms with E-state index in [0.717, 1.165) is 29.4 Å². The molecule has 2 N–H and O–H groups in total. The van der Waals surface area contributed by atoms with Crippen molar-refractivity contribution in [1.29, 1.82) is 0 Å². The second-order valence-electron chi connectivity index (χ2n) is 13.5. The number of ether oxygens (including phenoxy) is 1. The third-order valence-electron chi connectivity index (χ3n) is 9.42. The summed E-state index contributed by atoms with van der Waals surface area (Å²) in [5, 5.41) is 19.9. The van der Waals surface area contributed by atoms with Crippen molar-refractivity contribution < 1.29 is 23.4 Å². The van der Waals surface area contributed by atoms with Gasteiger partial charge < -0.3 is 14.8 Å². The molecule has 0 saturated carbocycles. The summed E-state index contributed by atoms with van der Waals surface area (Å²) in [5.74, 6) is -2.25. The lowest BCUT2D eigenvalue weighted by Crippen LogP contribution is -2.21. The number of rotatable bonds is 3. The molecular weight excluding hydrogens is 612 g/mol. The van der Waals surface area contributed by atoms with E-state index in [9.17, 15) is 9.90 Å². The highest BCUT2D eigenvalue weighted by Gasteiger charge is 2.26. The van der Waals surface area contributed by atoms with Crippen molar-refractivity contribution >= 4 is 16.9 Å². The van der Waals surface area contributed by atoms with Crippen LogP contribution in [0.5, 0.6) is 11.5 Å². The minimum absolute atomic E-state index is 0.0737. The topological polar surface area (TPSA) is 98.0 Å². The van der Waals surface area contributed by atoms with Crippen LogP contribution in [0.1, 0.15) is 74.2 Å². The van der Waals surface area contributed by atoms with Gasteiger partial charge >= 0.3 is 5.97 Å². The molecule has 10 heteroatoms. The summed E-state index contributed by atoms with van der Waals surface area (Å²) < 4.78 is 41.5. The molecule has 6 aromatic rings. The van der Waals surface area contributed by atoms with Crippen LogP contribution in [0.4, 0.5) is 8.78 Å². The monoisotopic (exact) mass is 649 g/mol. The second-order valence-corrected chi connectivity index (χ2v) is 13.5. The first kappa shape index (κ1) is 31.4. The Kier molecular flexibility index (Phi) is 8.10. The Hall–Kier alpha value is -5.25. The van der Waals surface area contributed by atoms with Crippen molar-refractivity contribution in [2.75, 3.05) is 0 Å². The van der Waals surface area contributed by atoms with Crippen LogP contribution in [0, 0.1) is 17.0 Å². The van der Waals surface area contributed by atoms with Crippen molar-refractivity contribution in [2.24, 2.45) is 5.41 Å². The first-order chi connectivity index (χ1) is 23.1. The van der Waals surface area contributed by atoms with Crippen LogP contribution in [0.2, 0.25) is 0 Å². The van der Waals surface area contributed by atoms with Gasteiger partial charge in [0.1, 0.15) is 11.6 Å². The number of hydrogen-bond donors (Lipinski definition) is 2. The minimum Gasteiger partial charge on any atom is -0.481 e. The normalized spacial score (nSPS) is 17.1. The minimum atomic E-state index is -0.908. The number of carbonyl (C=O) groups is 1. The third-order valence-corrected chi connectivity index (χ3v) is 9.42. The number of nitrogens with one attached hydrogen (secondary N) is 1. The van der Waals surface area contributed by atoms with Crippen LogP contribution in [0.15, 0.2) is 85.5 Å². The van der Waals surface area contributed by atoms with Gasteiger partial charge in [-0.2, -0.15) is 10.2 Å². The number of fused-ring (bicyclic) bond motifs is 9. The third kappa shape index (κ3) is 6.10. The van der Waals surface area contributed by atoms with Crippen LogP contribution < -0.4 is 4.74 Å². The molecule has 246 valence electrons. The number of hydrogen-bond acceptors (Lipinski definition) is 4. The van der Waals surface area contributed by atoms with Crippen molar-refractivity contribution in [3.63, 3.8) is 0 Å². The average Bonchev–Trinajstić information content (AvgIpc) is 3.82. The van der Waals surface area contributed by atoms with Crippen LogP contribution in [-0.4, -0.2) is 35.6 Å². The van der Waals surface area contributed by atoms with Crippen molar-refractivity contribution in [2.45, 2.75) is 65.0 Å². The largest absolute Gasteiger partial charge is 0.481 e. The molecule has 0 aliphatic carbocycles. The van der Waals surface area contributed by atoms with Gasteiger partial charge in [-0.25, -0.2) is 8.78 Å². The van der Waals surface area contributed by atoms with Crippen LogP contribution >= 0.6 is 0 Å². The molecule has 2 atom stereocenters. The molecule has 8 nitrogen and oxygen atoms in total. The van der Waals surface area contributed by atoms with Gasteiger partial charge in [-0.1, -0.05) is 44.5 Å². The van der Waals surface area contributed by atoms with Gasteiger partial charge in [-0.15, -0.1) is 0 Å². The lowest BCUT2D eigenvalue weighted by Gasteiger charge is -2.27. The highest BCUT2D eigenvalue weighted by Crippen LogP contribution is 2.39. The highest BCUT2D eigenvalue weighted by molar-refractivity contribution is 5.86. The van der Waals surface area contributed by atoms with E-state index in [1.54, 1.807) is 36.1 Å². The summed E-state index contributed by atoms with van der Waals surface area (Å²) in [6, 6.07) is 16.7. The Labute approximate surface area is 277 Å². The van der Waals surface area contributed by atoms with Crippen LogP contribution in [0.25, 0.3) is 22.2 Å². The number of aromatic amines is 1. The quantitative estimate of drug-likeness (QED) is 0.200. The van der Waals surface area contributed by atoms with Crippen molar-refractivity contribution in [3.8, 4) is 22.8 Å². The molecule has 0 spiro atoms. The predicted octanol–water partition coefficient (Wildman–Crippen LogP) is 8.88. The average molecular weight is 650 g/mol. The SMILES string of the molecule is CC(C(=O)O)c1cccc(C2CCCC(C)(C)Cn3cc(cn3)Cc3c(c(F)cc4[nH]ccc34)Oc3ccc(F)c(c3)-c3ccnn32)c1. The zero-order valence-electron chi connectivity index (χ0n) is 27.1. The fraction of sp³-hybridized carbons (Fsp3) is 0.289. The summed E-state index contributed by atoms with van der Waals surface area (Å²) in [7, 11) is 0. The van der Waals surface area contributed by atoms with Gasteiger partial charge in [-0.3, -0.25) is 14.2 Å². The zero-order chi connectivity index (χ0) is 33.6. The molecule has 0 saturated heterocycles. The Balaban J connectivity index is 1.38. The molecule has 3 aromatic carbocycles. The summed E-state index contributed by atoms with van der Waals surface area (Å²) >= 11 is 0. The van der Waals surface area contributed by atoms with E-state index in [-0.39, 0.29) is 28.5 Å². The molecule has 0 amide bonds. The van der Waals surface area contributed by atoms with Crippen LogP contribution in [0.3, 0.4) is 0 Å². The number of benzene rings is 3. The molecule has 48 heavy (non-hydrogen) atoms. The maximum atomic E-state index is 15.8. The molecule has 3 aromatic heterocycles. The standard InChI is InChI=1S/C38H37F2N5O3/c1-23(37(46)47)25-6-4-7-26(17-25)34-8-5-13-38(2,3)22-44-21-24(20-43-44)16-29-28-11-14-41-33(28)19-32(40)36(29)48-27-9-10-31(39)30(18-27)35-12-15-42-45(34)35/h4,6-7,9-12,14-15,17-21,23,34,41H,5,8,13,16,22H2,1-3H3,(H,46,47). The predicted molar refractivity (Wildman–Crippen MR) is 179 cm³/mol. The van der Waals surface area contributed by atoms with E-state index in [2.05, 4.69) is 29.0 Å². The lowest BCUT2D eigenvalue weighted by atomic mass is 9.85. The molecule has 0 fully saturated rings. The maximum Gasteiger partial charge on any atom is 0.310 e. The zero-order valence-corrected chi connectivity index (χ0v) is 27.1. The fourth-order valence-corrected chi connectivity index (χ4v) is 6.86. The van der Waals surface area contributed by atoms with Gasteiger partial charge in [0.2, 0.25) is 0 Å². The van der Waals surface area contributed by atoms with Crippen molar-refractivity contribution in [1.82, 2.24) is 24.5 Å². The van der Waals surface area contributed by atoms with E-state index < -0.39 is 23.5 Å². The van der Waals surface area contributed by atoms with E-state index in [1.807, 2.05) is 47.4 Å². The highest BCUT2D eigenvalue weighted by atomic mass is 19.1. The number of carboxylic acids is 1. The Bertz CT molecular complexity index is 2130. The number of carboxylic acid groups (broad SMARTS) is 1. The molecule has 0 radical (unpaired) electrons. The Morgan fingerprint density at radius 2 is 1.94 bits per heavy atom. The summed E-state index contributed by atoms with van der Waals surface area (Å²) in [6.07, 6.45) is 9.99. The van der Waals surface area contributed by atoms with E-state index in [1.165, 1.54) is 18.2 Å². The first-order valence-corrected chi connectivity index (χ1v) is 16.2. The van der Waals surface area contributed by atoms with Gasteiger partial charge in [0.05, 0.1) is 23.9 Å². The Morgan fingerprint density at radius 1 is 1.08 bits per heavy atom. The number of aliphatic carboxylic acids is 1. The van der Waals surface area contributed by atoms with Gasteiger partial charge in [-0.05, 0) is 72.2 Å². The fourth-order valence-electron chi connectivity index (χ4n) is 6.86. The molecule has 4 heterocycles. The van der Waals surface area contributed by atoms with E-state index >= 15 is 8.78 Å². The molecule has 1 aliphatic heterocycles. The number of halogens is 2. The number of nitrogens with zero attached hydrogens (tertiary/aromatic N) is 4. The summed E-state index contributed by atoms with van der Waals surface area (Å²) in [6.45, 7) is 6.76. The molecular formula is C38H37F2N5O3. The van der Waals surface area contributed by atoms with Gasteiger partial charge in [0, 0.05) is 59.7 Å². The van der Waals surface area contributed by atoms with Crippen molar-refractivity contribution in [3.05, 3.63) is 119 Å². The maximum absolute atomic E-state index is 15.8.